The second-order valence-electron chi connectivity index (χ2n) is 7.42. The molecule has 0 unspecified atom stereocenters. The van der Waals surface area contributed by atoms with Crippen LogP contribution in [0.4, 0.5) is 11.5 Å². The SMILES string of the molecule is Cc1cnc(C(=O)N(CC(C)C)c2c(N)n(Cc3ccccc3)c(=O)[nH]c2=O)cn1. The monoisotopic (exact) mass is 408 g/mol. The molecule has 3 rings (SSSR count). The van der Waals surface area contributed by atoms with E-state index in [9.17, 15) is 14.4 Å². The van der Waals surface area contributed by atoms with Crippen LogP contribution in [0.25, 0.3) is 0 Å². The van der Waals surface area contributed by atoms with Gasteiger partial charge >= 0.3 is 5.69 Å². The van der Waals surface area contributed by atoms with Crippen molar-refractivity contribution in [3.8, 4) is 0 Å². The van der Waals surface area contributed by atoms with Crippen LogP contribution >= 0.6 is 0 Å². The van der Waals surface area contributed by atoms with Crippen LogP contribution in [0.15, 0.2) is 52.3 Å². The van der Waals surface area contributed by atoms with E-state index in [1.807, 2.05) is 44.2 Å². The van der Waals surface area contributed by atoms with Crippen LogP contribution in [0.1, 0.15) is 35.6 Å². The molecule has 0 spiro atoms. The average molecular weight is 408 g/mol. The van der Waals surface area contributed by atoms with Gasteiger partial charge in [-0.3, -0.25) is 29.0 Å². The lowest BCUT2D eigenvalue weighted by molar-refractivity contribution is 0.0978. The summed E-state index contributed by atoms with van der Waals surface area (Å²) in [4.78, 5) is 50.1. The summed E-state index contributed by atoms with van der Waals surface area (Å²) < 4.78 is 1.24. The van der Waals surface area contributed by atoms with Gasteiger partial charge in [-0.2, -0.15) is 0 Å². The van der Waals surface area contributed by atoms with Gasteiger partial charge in [0.15, 0.2) is 5.69 Å². The third kappa shape index (κ3) is 4.45. The number of hydrogen-bond acceptors (Lipinski definition) is 6. The largest absolute Gasteiger partial charge is 0.383 e. The van der Waals surface area contributed by atoms with Crippen LogP contribution in [0.3, 0.4) is 0 Å². The lowest BCUT2D eigenvalue weighted by Crippen LogP contribution is -2.43. The van der Waals surface area contributed by atoms with Gasteiger partial charge in [0.05, 0.1) is 18.4 Å². The van der Waals surface area contributed by atoms with E-state index in [1.165, 1.54) is 21.9 Å². The Labute approximate surface area is 173 Å². The normalized spacial score (nSPS) is 10.9. The lowest BCUT2D eigenvalue weighted by Gasteiger charge is -2.25. The molecule has 0 aliphatic heterocycles. The van der Waals surface area contributed by atoms with Crippen molar-refractivity contribution in [2.45, 2.75) is 27.3 Å². The number of anilines is 2. The summed E-state index contributed by atoms with van der Waals surface area (Å²) in [6.45, 7) is 5.95. The van der Waals surface area contributed by atoms with Crippen molar-refractivity contribution in [2.24, 2.45) is 5.92 Å². The first-order valence-electron chi connectivity index (χ1n) is 9.55. The van der Waals surface area contributed by atoms with Gasteiger partial charge in [0.2, 0.25) is 0 Å². The number of aromatic amines is 1. The molecule has 1 aromatic carbocycles. The topological polar surface area (TPSA) is 127 Å². The Morgan fingerprint density at radius 3 is 2.47 bits per heavy atom. The zero-order chi connectivity index (χ0) is 21.8. The number of nitrogens with zero attached hydrogens (tertiary/aromatic N) is 4. The van der Waals surface area contributed by atoms with Gasteiger partial charge in [-0.15, -0.1) is 0 Å². The van der Waals surface area contributed by atoms with Crippen LogP contribution in [-0.2, 0) is 6.54 Å². The molecule has 3 N–H and O–H groups in total. The highest BCUT2D eigenvalue weighted by Gasteiger charge is 2.27. The Morgan fingerprint density at radius 1 is 1.17 bits per heavy atom. The van der Waals surface area contributed by atoms with Crippen molar-refractivity contribution in [3.05, 3.63) is 80.5 Å². The van der Waals surface area contributed by atoms with Gasteiger partial charge in [0, 0.05) is 12.7 Å². The number of nitrogens with one attached hydrogen (secondary N) is 1. The van der Waals surface area contributed by atoms with E-state index in [2.05, 4.69) is 15.0 Å². The summed E-state index contributed by atoms with van der Waals surface area (Å²) in [5, 5.41) is 0. The second kappa shape index (κ2) is 8.73. The van der Waals surface area contributed by atoms with E-state index in [0.717, 1.165) is 5.56 Å². The zero-order valence-electron chi connectivity index (χ0n) is 17.1. The zero-order valence-corrected chi connectivity index (χ0v) is 17.1. The van der Waals surface area contributed by atoms with E-state index in [4.69, 9.17) is 5.73 Å². The predicted molar refractivity (Wildman–Crippen MR) is 115 cm³/mol. The number of rotatable bonds is 6. The standard InChI is InChI=1S/C21H24N6O3/c1-13(2)11-26(20(29)16-10-23-14(3)9-24-16)17-18(22)27(21(30)25-19(17)28)12-15-7-5-4-6-8-15/h4-10,13H,11-12,22H2,1-3H3,(H,25,28,30). The molecule has 0 saturated heterocycles. The number of carbonyl (C=O) groups is 1. The van der Waals surface area contributed by atoms with E-state index in [1.54, 1.807) is 6.92 Å². The fraction of sp³-hybridized carbons (Fsp3) is 0.286. The van der Waals surface area contributed by atoms with Crippen molar-refractivity contribution in [1.82, 2.24) is 19.5 Å². The first-order valence-corrected chi connectivity index (χ1v) is 9.55. The number of H-pyrrole nitrogens is 1. The predicted octanol–water partition coefficient (Wildman–Crippen LogP) is 1.57. The second-order valence-corrected chi connectivity index (χ2v) is 7.42. The molecule has 9 heteroatoms. The van der Waals surface area contributed by atoms with E-state index in [-0.39, 0.29) is 36.2 Å². The van der Waals surface area contributed by atoms with Crippen molar-refractivity contribution in [2.75, 3.05) is 17.2 Å². The average Bonchev–Trinajstić information content (AvgIpc) is 2.71. The van der Waals surface area contributed by atoms with Gasteiger partial charge in [0.25, 0.3) is 11.5 Å². The van der Waals surface area contributed by atoms with Crippen molar-refractivity contribution < 1.29 is 4.79 Å². The summed E-state index contributed by atoms with van der Waals surface area (Å²) in [7, 11) is 0. The highest BCUT2D eigenvalue weighted by atomic mass is 16.2. The highest BCUT2D eigenvalue weighted by Crippen LogP contribution is 2.21. The molecule has 0 atom stereocenters. The van der Waals surface area contributed by atoms with E-state index in [0.29, 0.717) is 5.69 Å². The van der Waals surface area contributed by atoms with Crippen molar-refractivity contribution >= 4 is 17.4 Å². The molecule has 0 saturated carbocycles. The quantitative estimate of drug-likeness (QED) is 0.637. The summed E-state index contributed by atoms with van der Waals surface area (Å²) >= 11 is 0. The summed E-state index contributed by atoms with van der Waals surface area (Å²) in [6, 6.07) is 9.23. The van der Waals surface area contributed by atoms with E-state index < -0.39 is 17.2 Å². The molecule has 9 nitrogen and oxygen atoms in total. The number of aryl methyl sites for hydroxylation is 1. The Bertz CT molecular complexity index is 1150. The highest BCUT2D eigenvalue weighted by molar-refractivity contribution is 6.05. The molecule has 0 bridgehead atoms. The van der Waals surface area contributed by atoms with Gasteiger partial charge in [-0.05, 0) is 18.4 Å². The summed E-state index contributed by atoms with van der Waals surface area (Å²) in [6.07, 6.45) is 2.83. The minimum absolute atomic E-state index is 0.0284. The maximum atomic E-state index is 13.2. The molecular formula is C21H24N6O3. The number of carbonyl (C=O) groups excluding carboxylic acids is 1. The number of aromatic nitrogens is 4. The van der Waals surface area contributed by atoms with Crippen LogP contribution < -0.4 is 21.9 Å². The molecule has 156 valence electrons. The third-order valence-electron chi connectivity index (χ3n) is 4.46. The molecule has 3 aromatic rings. The summed E-state index contributed by atoms with van der Waals surface area (Å²) in [5.74, 6) is -0.569. The van der Waals surface area contributed by atoms with E-state index >= 15 is 0 Å². The fourth-order valence-corrected chi connectivity index (χ4v) is 3.04. The first-order chi connectivity index (χ1) is 14.3. The molecule has 0 radical (unpaired) electrons. The Balaban J connectivity index is 2.12. The van der Waals surface area contributed by atoms with Crippen LogP contribution in [0, 0.1) is 12.8 Å². The van der Waals surface area contributed by atoms with Gasteiger partial charge in [0.1, 0.15) is 11.5 Å². The van der Waals surface area contributed by atoms with Gasteiger partial charge < -0.3 is 5.73 Å². The number of nitrogens with two attached hydrogens (primary N) is 1. The molecule has 1 amide bonds. The Kier molecular flexibility index (Phi) is 6.10. The number of nitrogen functional groups attached to an aromatic ring is 1. The van der Waals surface area contributed by atoms with Crippen molar-refractivity contribution in [3.63, 3.8) is 0 Å². The maximum Gasteiger partial charge on any atom is 0.330 e. The molecule has 2 heterocycles. The smallest absolute Gasteiger partial charge is 0.330 e. The Hall–Kier alpha value is -3.75. The number of hydrogen-bond donors (Lipinski definition) is 2. The molecule has 0 aliphatic rings. The third-order valence-corrected chi connectivity index (χ3v) is 4.46. The minimum atomic E-state index is -0.726. The molecule has 2 aromatic heterocycles. The van der Waals surface area contributed by atoms with Crippen LogP contribution in [-0.4, -0.2) is 32.0 Å². The maximum absolute atomic E-state index is 13.2. The van der Waals surface area contributed by atoms with Gasteiger partial charge in [-0.1, -0.05) is 44.2 Å². The first kappa shape index (κ1) is 21.0. The molecule has 0 aliphatic carbocycles. The molecule has 30 heavy (non-hydrogen) atoms. The molecule has 0 fully saturated rings. The summed E-state index contributed by atoms with van der Waals surface area (Å²) in [5.41, 5.74) is 6.39. The van der Waals surface area contributed by atoms with Crippen LogP contribution in [0.2, 0.25) is 0 Å². The van der Waals surface area contributed by atoms with Crippen LogP contribution in [0.5, 0.6) is 0 Å². The van der Waals surface area contributed by atoms with Crippen molar-refractivity contribution in [1.29, 1.82) is 0 Å². The molecular weight excluding hydrogens is 384 g/mol. The number of amides is 1. The number of benzene rings is 1. The minimum Gasteiger partial charge on any atom is -0.383 e. The van der Waals surface area contributed by atoms with Gasteiger partial charge in [-0.25, -0.2) is 9.78 Å². The lowest BCUT2D eigenvalue weighted by atomic mass is 10.2. The fourth-order valence-electron chi connectivity index (χ4n) is 3.04. The Morgan fingerprint density at radius 2 is 1.87 bits per heavy atom.